The van der Waals surface area contributed by atoms with Crippen molar-refractivity contribution in [2.45, 2.75) is 26.2 Å². The molecular weight excluding hydrogens is 230 g/mol. The Kier molecular flexibility index (Phi) is 3.21. The molecule has 1 amide bonds. The largest absolute Gasteiger partial charge is 0.311 e. The van der Waals surface area contributed by atoms with Crippen molar-refractivity contribution >= 4 is 24.2 Å². The van der Waals surface area contributed by atoms with E-state index in [0.29, 0.717) is 5.92 Å². The standard InChI is InChI=1S/C14H19NOS/c1-10(9-17)8-15-12-7-5-4-6-11(12)14(2,3)13(15)16/h4-7,10,17H,8-9H2,1-3H3. The number of fused-ring (bicyclic) bond motifs is 1. The summed E-state index contributed by atoms with van der Waals surface area (Å²) in [5.41, 5.74) is 1.81. The zero-order valence-electron chi connectivity index (χ0n) is 10.6. The number of carbonyl (C=O) groups is 1. The third kappa shape index (κ3) is 1.97. The van der Waals surface area contributed by atoms with E-state index in [-0.39, 0.29) is 5.91 Å². The molecule has 2 nitrogen and oxygen atoms in total. The van der Waals surface area contributed by atoms with Gasteiger partial charge in [-0.05, 0) is 37.1 Å². The third-order valence-electron chi connectivity index (χ3n) is 3.45. The summed E-state index contributed by atoms with van der Waals surface area (Å²) >= 11 is 4.29. The predicted octanol–water partition coefficient (Wildman–Crippen LogP) is 2.88. The molecule has 17 heavy (non-hydrogen) atoms. The molecule has 0 N–H and O–H groups in total. The first-order valence-electron chi connectivity index (χ1n) is 6.00. The highest BCUT2D eigenvalue weighted by atomic mass is 32.1. The van der Waals surface area contributed by atoms with Crippen LogP contribution < -0.4 is 4.90 Å². The molecule has 1 aromatic rings. The first kappa shape index (κ1) is 12.5. The van der Waals surface area contributed by atoms with Crippen LogP contribution in [0.4, 0.5) is 5.69 Å². The van der Waals surface area contributed by atoms with Crippen molar-refractivity contribution in [3.8, 4) is 0 Å². The van der Waals surface area contributed by atoms with Crippen molar-refractivity contribution in [3.05, 3.63) is 29.8 Å². The Hall–Kier alpha value is -0.960. The van der Waals surface area contributed by atoms with Crippen LogP contribution in [0.1, 0.15) is 26.3 Å². The van der Waals surface area contributed by atoms with Gasteiger partial charge in [0.25, 0.3) is 0 Å². The van der Waals surface area contributed by atoms with Crippen molar-refractivity contribution in [2.24, 2.45) is 5.92 Å². The second-order valence-corrected chi connectivity index (χ2v) is 5.71. The Morgan fingerprint density at radius 1 is 1.35 bits per heavy atom. The molecule has 0 fully saturated rings. The zero-order valence-corrected chi connectivity index (χ0v) is 11.5. The minimum atomic E-state index is -0.396. The lowest BCUT2D eigenvalue weighted by atomic mass is 9.86. The van der Waals surface area contributed by atoms with Crippen molar-refractivity contribution in [2.75, 3.05) is 17.2 Å². The fraction of sp³-hybridized carbons (Fsp3) is 0.500. The monoisotopic (exact) mass is 249 g/mol. The number of amides is 1. The summed E-state index contributed by atoms with van der Waals surface area (Å²) in [6.45, 7) is 6.87. The molecule has 0 saturated heterocycles. The average Bonchev–Trinajstić information content (AvgIpc) is 2.51. The van der Waals surface area contributed by atoms with Crippen LogP contribution in [0.25, 0.3) is 0 Å². The van der Waals surface area contributed by atoms with Crippen LogP contribution in [0.3, 0.4) is 0 Å². The van der Waals surface area contributed by atoms with E-state index in [4.69, 9.17) is 0 Å². The van der Waals surface area contributed by atoms with Gasteiger partial charge >= 0.3 is 0 Å². The van der Waals surface area contributed by atoms with E-state index in [0.717, 1.165) is 23.5 Å². The first-order valence-corrected chi connectivity index (χ1v) is 6.64. The number of nitrogens with zero attached hydrogens (tertiary/aromatic N) is 1. The van der Waals surface area contributed by atoms with E-state index in [1.54, 1.807) is 0 Å². The molecule has 0 saturated carbocycles. The number of thiol groups is 1. The summed E-state index contributed by atoms with van der Waals surface area (Å²) in [6, 6.07) is 8.08. The van der Waals surface area contributed by atoms with Gasteiger partial charge in [-0.3, -0.25) is 4.79 Å². The second kappa shape index (κ2) is 4.37. The van der Waals surface area contributed by atoms with Gasteiger partial charge in [-0.15, -0.1) is 0 Å². The summed E-state index contributed by atoms with van der Waals surface area (Å²) in [6.07, 6.45) is 0. The zero-order chi connectivity index (χ0) is 12.6. The molecule has 0 radical (unpaired) electrons. The average molecular weight is 249 g/mol. The molecule has 1 atom stereocenters. The van der Waals surface area contributed by atoms with E-state index < -0.39 is 5.41 Å². The van der Waals surface area contributed by atoms with E-state index in [1.807, 2.05) is 36.9 Å². The number of carbonyl (C=O) groups excluding carboxylic acids is 1. The van der Waals surface area contributed by atoms with E-state index in [2.05, 4.69) is 25.6 Å². The Balaban J connectivity index is 2.39. The van der Waals surface area contributed by atoms with Crippen molar-refractivity contribution in [1.29, 1.82) is 0 Å². The smallest absolute Gasteiger partial charge is 0.237 e. The van der Waals surface area contributed by atoms with Crippen LogP contribution in [0, 0.1) is 5.92 Å². The lowest BCUT2D eigenvalue weighted by molar-refractivity contribution is -0.122. The van der Waals surface area contributed by atoms with Crippen LogP contribution in [-0.2, 0) is 10.2 Å². The third-order valence-corrected chi connectivity index (χ3v) is 4.08. The molecule has 92 valence electrons. The van der Waals surface area contributed by atoms with Gasteiger partial charge in [0.15, 0.2) is 0 Å². The Labute approximate surface area is 108 Å². The fourth-order valence-electron chi connectivity index (χ4n) is 2.35. The number of hydrogen-bond donors (Lipinski definition) is 1. The molecule has 1 heterocycles. The lowest BCUT2D eigenvalue weighted by Crippen LogP contribution is -2.38. The van der Waals surface area contributed by atoms with Gasteiger partial charge in [-0.25, -0.2) is 0 Å². The molecule has 3 heteroatoms. The van der Waals surface area contributed by atoms with Gasteiger partial charge in [0, 0.05) is 12.2 Å². The quantitative estimate of drug-likeness (QED) is 0.817. The summed E-state index contributed by atoms with van der Waals surface area (Å²) in [4.78, 5) is 14.3. The Morgan fingerprint density at radius 2 is 2.00 bits per heavy atom. The maximum Gasteiger partial charge on any atom is 0.237 e. The van der Waals surface area contributed by atoms with Crippen LogP contribution in [0.2, 0.25) is 0 Å². The molecule has 0 spiro atoms. The summed E-state index contributed by atoms with van der Waals surface area (Å²) in [5, 5.41) is 0. The number of anilines is 1. The maximum atomic E-state index is 12.4. The van der Waals surface area contributed by atoms with E-state index in [9.17, 15) is 4.79 Å². The minimum Gasteiger partial charge on any atom is -0.311 e. The fourth-order valence-corrected chi connectivity index (χ4v) is 2.47. The molecule has 2 rings (SSSR count). The maximum absolute atomic E-state index is 12.4. The highest BCUT2D eigenvalue weighted by Gasteiger charge is 2.43. The van der Waals surface area contributed by atoms with Gasteiger partial charge in [0.1, 0.15) is 0 Å². The van der Waals surface area contributed by atoms with Crippen molar-refractivity contribution in [3.63, 3.8) is 0 Å². The van der Waals surface area contributed by atoms with Gasteiger partial charge in [0.2, 0.25) is 5.91 Å². The number of para-hydroxylation sites is 1. The molecule has 0 aliphatic carbocycles. The van der Waals surface area contributed by atoms with Gasteiger partial charge in [0.05, 0.1) is 5.41 Å². The van der Waals surface area contributed by atoms with Crippen LogP contribution in [0.5, 0.6) is 0 Å². The normalized spacial score (nSPS) is 19.3. The highest BCUT2D eigenvalue weighted by Crippen LogP contribution is 2.41. The van der Waals surface area contributed by atoms with Gasteiger partial charge < -0.3 is 4.90 Å². The molecular formula is C14H19NOS. The van der Waals surface area contributed by atoms with Gasteiger partial charge in [-0.2, -0.15) is 12.6 Å². The van der Waals surface area contributed by atoms with Crippen molar-refractivity contribution < 1.29 is 4.79 Å². The molecule has 0 bridgehead atoms. The molecule has 1 unspecified atom stereocenters. The van der Waals surface area contributed by atoms with Crippen LogP contribution in [0.15, 0.2) is 24.3 Å². The summed E-state index contributed by atoms with van der Waals surface area (Å²) in [5.74, 6) is 1.41. The number of rotatable bonds is 3. The van der Waals surface area contributed by atoms with E-state index in [1.165, 1.54) is 0 Å². The van der Waals surface area contributed by atoms with Gasteiger partial charge in [-0.1, -0.05) is 25.1 Å². The minimum absolute atomic E-state index is 0.201. The summed E-state index contributed by atoms with van der Waals surface area (Å²) in [7, 11) is 0. The first-order chi connectivity index (χ1) is 7.98. The topological polar surface area (TPSA) is 20.3 Å². The molecule has 1 aliphatic heterocycles. The molecule has 1 aliphatic rings. The van der Waals surface area contributed by atoms with Crippen LogP contribution >= 0.6 is 12.6 Å². The predicted molar refractivity (Wildman–Crippen MR) is 74.8 cm³/mol. The SMILES string of the molecule is CC(CS)CN1C(=O)C(C)(C)c2ccccc21. The Morgan fingerprint density at radius 3 is 2.65 bits per heavy atom. The molecule has 0 aromatic heterocycles. The second-order valence-electron chi connectivity index (χ2n) is 5.35. The number of benzene rings is 1. The van der Waals surface area contributed by atoms with E-state index >= 15 is 0 Å². The summed E-state index contributed by atoms with van der Waals surface area (Å²) < 4.78 is 0. The van der Waals surface area contributed by atoms with Crippen molar-refractivity contribution in [1.82, 2.24) is 0 Å². The van der Waals surface area contributed by atoms with Crippen LogP contribution in [-0.4, -0.2) is 18.2 Å². The lowest BCUT2D eigenvalue weighted by Gasteiger charge is -2.23. The Bertz CT molecular complexity index is 442. The molecule has 1 aromatic carbocycles. The number of hydrogen-bond acceptors (Lipinski definition) is 2. The highest BCUT2D eigenvalue weighted by molar-refractivity contribution is 7.80.